The van der Waals surface area contributed by atoms with E-state index in [0.29, 0.717) is 24.0 Å². The molecule has 0 radical (unpaired) electrons. The molecule has 3 N–H and O–H groups in total. The minimum Gasteiger partial charge on any atom is -0.504 e. The second kappa shape index (κ2) is 10.4. The van der Waals surface area contributed by atoms with E-state index in [-0.39, 0.29) is 22.7 Å². The lowest BCUT2D eigenvalue weighted by Gasteiger charge is -2.15. The van der Waals surface area contributed by atoms with Crippen LogP contribution in [0.3, 0.4) is 0 Å². The molecule has 2 aromatic heterocycles. The van der Waals surface area contributed by atoms with Crippen LogP contribution in [-0.4, -0.2) is 35.2 Å². The minimum atomic E-state index is -3.73. The van der Waals surface area contributed by atoms with Crippen molar-refractivity contribution >= 4 is 27.3 Å². The first-order valence-corrected chi connectivity index (χ1v) is 11.5. The number of unbranched alkanes of at least 4 members (excludes halogenated alkanes) is 1. The van der Waals surface area contributed by atoms with Crippen molar-refractivity contribution in [3.05, 3.63) is 77.9 Å². The van der Waals surface area contributed by atoms with Gasteiger partial charge < -0.3 is 10.4 Å². The Morgan fingerprint density at radius 3 is 2.53 bits per heavy atom. The van der Waals surface area contributed by atoms with Gasteiger partial charge in [-0.05, 0) is 42.8 Å². The highest BCUT2D eigenvalue weighted by molar-refractivity contribution is 7.92. The summed E-state index contributed by atoms with van der Waals surface area (Å²) in [5.74, 6) is 4.75. The summed E-state index contributed by atoms with van der Waals surface area (Å²) in [4.78, 5) is 20.3. The van der Waals surface area contributed by atoms with E-state index in [1.165, 1.54) is 36.7 Å². The van der Waals surface area contributed by atoms with Crippen LogP contribution < -0.4 is 10.0 Å². The topological polar surface area (TPSA) is 121 Å². The summed E-state index contributed by atoms with van der Waals surface area (Å²) in [7, 11) is -3.73. The first-order chi connectivity index (χ1) is 15.4. The molecule has 0 bridgehead atoms. The molecule has 0 aliphatic rings. The zero-order valence-electron chi connectivity index (χ0n) is 17.4. The molecule has 1 amide bonds. The fraction of sp³-hybridized carbons (Fsp3) is 0.174. The molecule has 9 heteroatoms. The number of pyridine rings is 2. The molecule has 1 aromatic carbocycles. The van der Waals surface area contributed by atoms with E-state index in [1.807, 2.05) is 6.92 Å². The Morgan fingerprint density at radius 1 is 1.06 bits per heavy atom. The van der Waals surface area contributed by atoms with Crippen LogP contribution in [0.2, 0.25) is 0 Å². The van der Waals surface area contributed by atoms with Gasteiger partial charge in [-0.2, -0.15) is 0 Å². The van der Waals surface area contributed by atoms with Crippen molar-refractivity contribution in [2.24, 2.45) is 0 Å². The molecule has 0 unspecified atom stereocenters. The maximum Gasteiger partial charge on any atom is 0.255 e. The number of rotatable bonds is 7. The molecule has 3 aromatic rings. The molecule has 0 aliphatic carbocycles. The highest BCUT2D eigenvalue weighted by Gasteiger charge is 2.19. The van der Waals surface area contributed by atoms with Gasteiger partial charge in [-0.3, -0.25) is 19.5 Å². The van der Waals surface area contributed by atoms with Gasteiger partial charge in [-0.15, -0.1) is 0 Å². The van der Waals surface area contributed by atoms with E-state index in [4.69, 9.17) is 0 Å². The smallest absolute Gasteiger partial charge is 0.255 e. The third kappa shape index (κ3) is 6.06. The van der Waals surface area contributed by atoms with Gasteiger partial charge in [-0.1, -0.05) is 25.2 Å². The van der Waals surface area contributed by atoms with Crippen molar-refractivity contribution in [3.8, 4) is 17.6 Å². The lowest BCUT2D eigenvalue weighted by molar-refractivity contribution is 0.102. The zero-order valence-corrected chi connectivity index (χ0v) is 18.2. The second-order valence-electron chi connectivity index (χ2n) is 6.84. The number of phenols is 1. The molecule has 3 rings (SSSR count). The Kier molecular flexibility index (Phi) is 7.41. The molecule has 0 saturated carbocycles. The number of benzene rings is 1. The second-order valence-corrected chi connectivity index (χ2v) is 8.68. The van der Waals surface area contributed by atoms with Gasteiger partial charge >= 0.3 is 0 Å². The third-order valence-corrected chi connectivity index (χ3v) is 5.74. The Morgan fingerprint density at radius 2 is 1.84 bits per heavy atom. The summed E-state index contributed by atoms with van der Waals surface area (Å²) in [6, 6.07) is 9.53. The number of aromatic nitrogens is 2. The lowest BCUT2D eigenvalue weighted by atomic mass is 10.1. The van der Waals surface area contributed by atoms with E-state index < -0.39 is 21.7 Å². The average molecular weight is 451 g/mol. The molecule has 8 nitrogen and oxygen atoms in total. The molecule has 0 fully saturated rings. The Bertz CT molecular complexity index is 1250. The summed E-state index contributed by atoms with van der Waals surface area (Å²) in [5, 5.41) is 13.4. The Hall–Kier alpha value is -3.90. The van der Waals surface area contributed by atoms with Gasteiger partial charge in [0.25, 0.3) is 5.91 Å². The number of aromatic hydroxyl groups is 1. The number of nitrogens with one attached hydrogen (secondary N) is 2. The Labute approximate surface area is 186 Å². The summed E-state index contributed by atoms with van der Waals surface area (Å²) in [5.41, 5.74) is 1.18. The van der Waals surface area contributed by atoms with E-state index in [9.17, 15) is 18.3 Å². The summed E-state index contributed by atoms with van der Waals surface area (Å²) in [6.07, 6.45) is 7.29. The summed E-state index contributed by atoms with van der Waals surface area (Å²) >= 11 is 0. The fourth-order valence-corrected chi connectivity index (χ4v) is 4.00. The van der Waals surface area contributed by atoms with Gasteiger partial charge in [0.2, 0.25) is 10.0 Å². The first kappa shape index (κ1) is 22.8. The molecule has 0 aliphatic heterocycles. The number of phenolic OH excluding ortho intramolecular Hbond substituents is 1. The lowest BCUT2D eigenvalue weighted by Crippen LogP contribution is -2.18. The van der Waals surface area contributed by atoms with E-state index in [1.54, 1.807) is 24.5 Å². The first-order valence-electron chi connectivity index (χ1n) is 9.89. The van der Waals surface area contributed by atoms with Crippen LogP contribution in [0, 0.1) is 11.8 Å². The van der Waals surface area contributed by atoms with Gasteiger partial charge in [0, 0.05) is 35.9 Å². The van der Waals surface area contributed by atoms with Crippen molar-refractivity contribution in [1.29, 1.82) is 0 Å². The number of anilines is 2. The van der Waals surface area contributed by atoms with Crippen LogP contribution in [0.1, 0.15) is 41.3 Å². The zero-order chi connectivity index (χ0) is 23.0. The maximum absolute atomic E-state index is 12.5. The minimum absolute atomic E-state index is 0.0481. The van der Waals surface area contributed by atoms with Crippen molar-refractivity contribution in [2.75, 3.05) is 15.8 Å². The number of hydrogen-bond acceptors (Lipinski definition) is 6. The van der Waals surface area contributed by atoms with E-state index in [2.05, 4.69) is 31.8 Å². The largest absolute Gasteiger partial charge is 0.504 e. The van der Waals surface area contributed by atoms with E-state index in [0.717, 1.165) is 0 Å². The van der Waals surface area contributed by atoms with Crippen LogP contribution in [0.4, 0.5) is 11.4 Å². The number of hydrogen-bond donors (Lipinski definition) is 3. The monoisotopic (exact) mass is 450 g/mol. The number of sulfonamides is 1. The molecular formula is C23H22N4O4S. The fourth-order valence-electron chi connectivity index (χ4n) is 2.71. The van der Waals surface area contributed by atoms with Crippen LogP contribution in [-0.2, 0) is 10.0 Å². The SMILES string of the molecule is CCCCS(=O)(=O)Nc1c(C#Cc2cccnc2)ccc(NC(=O)c2ccncc2)c1O. The standard InChI is InChI=1S/C23H22N4O4S/c1-2-3-15-32(30,31)27-21-18(7-6-17-5-4-12-25-16-17)8-9-20(22(21)28)26-23(29)19-10-13-24-14-11-19/h4-5,8-14,16,27-28H,2-3,15H2,1H3,(H,26,29). The van der Waals surface area contributed by atoms with E-state index >= 15 is 0 Å². The average Bonchev–Trinajstić information content (AvgIpc) is 2.81. The van der Waals surface area contributed by atoms with Gasteiger partial charge in [0.15, 0.2) is 5.75 Å². The highest BCUT2D eigenvalue weighted by atomic mass is 32.2. The summed E-state index contributed by atoms with van der Waals surface area (Å²) < 4.78 is 27.5. The number of carbonyl (C=O) groups is 1. The third-order valence-electron chi connectivity index (χ3n) is 4.40. The molecule has 0 spiro atoms. The number of carbonyl (C=O) groups excluding carboxylic acids is 1. The number of amides is 1. The Balaban J connectivity index is 1.99. The predicted octanol–water partition coefficient (Wildman–Crippen LogP) is 3.38. The van der Waals surface area contributed by atoms with Crippen molar-refractivity contribution in [1.82, 2.24) is 9.97 Å². The molecule has 164 valence electrons. The molecule has 0 saturated heterocycles. The van der Waals surface area contributed by atoms with Gasteiger partial charge in [0.1, 0.15) is 5.69 Å². The predicted molar refractivity (Wildman–Crippen MR) is 123 cm³/mol. The van der Waals surface area contributed by atoms with Gasteiger partial charge in [0.05, 0.1) is 17.0 Å². The van der Waals surface area contributed by atoms with Gasteiger partial charge in [-0.25, -0.2) is 8.42 Å². The number of nitrogens with zero attached hydrogens (tertiary/aromatic N) is 2. The van der Waals surface area contributed by atoms with Crippen molar-refractivity contribution in [2.45, 2.75) is 19.8 Å². The maximum atomic E-state index is 12.5. The van der Waals surface area contributed by atoms with Crippen molar-refractivity contribution in [3.63, 3.8) is 0 Å². The van der Waals surface area contributed by atoms with Crippen LogP contribution >= 0.6 is 0 Å². The normalized spacial score (nSPS) is 10.7. The van der Waals surface area contributed by atoms with Crippen LogP contribution in [0.15, 0.2) is 61.2 Å². The molecular weight excluding hydrogens is 428 g/mol. The summed E-state index contributed by atoms with van der Waals surface area (Å²) in [6.45, 7) is 1.88. The molecule has 2 heterocycles. The molecule has 0 atom stereocenters. The quantitative estimate of drug-likeness (QED) is 0.375. The van der Waals surface area contributed by atoms with Crippen molar-refractivity contribution < 1.29 is 18.3 Å². The highest BCUT2D eigenvalue weighted by Crippen LogP contribution is 2.36. The molecule has 32 heavy (non-hydrogen) atoms. The van der Waals surface area contributed by atoms with Crippen LogP contribution in [0.5, 0.6) is 5.75 Å². The van der Waals surface area contributed by atoms with Crippen LogP contribution in [0.25, 0.3) is 0 Å².